The smallest absolute Gasteiger partial charge is 0.0683 e. The topological polar surface area (TPSA) is 46.9 Å². The molecule has 0 fully saturated rings. The first kappa shape index (κ1) is 10.2. The molecule has 0 bridgehead atoms. The summed E-state index contributed by atoms with van der Waals surface area (Å²) in [5, 5.41) is 23.1. The molecule has 16 heavy (non-hydrogen) atoms. The molecule has 1 aliphatic heterocycles. The van der Waals surface area contributed by atoms with Gasteiger partial charge in [-0.25, -0.2) is 10.1 Å². The Morgan fingerprint density at radius 1 is 0.562 bits per heavy atom. The second-order valence-electron chi connectivity index (χ2n) is 4.82. The minimum absolute atomic E-state index is 0.875. The summed E-state index contributed by atoms with van der Waals surface area (Å²) in [6.45, 7) is 0. The summed E-state index contributed by atoms with van der Waals surface area (Å²) in [4.78, 5) is 0. The van der Waals surface area contributed by atoms with Crippen LogP contribution in [0, 0.1) is 0 Å². The Balaban J connectivity index is 2.01. The van der Waals surface area contributed by atoms with Crippen molar-refractivity contribution in [2.24, 2.45) is 0 Å². The minimum atomic E-state index is 0.875. The summed E-state index contributed by atoms with van der Waals surface area (Å²) >= 11 is 0. The number of allylic oxidation sites excluding steroid dienone is 4. The van der Waals surface area contributed by atoms with Crippen LogP contribution >= 0.6 is 0 Å². The first-order valence-corrected chi connectivity index (χ1v) is 6.21. The Morgan fingerprint density at radius 3 is 1.06 bits per heavy atom. The van der Waals surface area contributed by atoms with Crippen LogP contribution in [0.3, 0.4) is 0 Å². The van der Waals surface area contributed by atoms with Crippen molar-refractivity contribution in [1.29, 1.82) is 0 Å². The predicted molar refractivity (Wildman–Crippen MR) is 58.2 cm³/mol. The Morgan fingerprint density at radius 2 is 0.812 bits per heavy atom. The summed E-state index contributed by atoms with van der Waals surface area (Å²) in [5.74, 6) is 0. The van der Waals surface area contributed by atoms with Gasteiger partial charge in [0.2, 0.25) is 0 Å². The molecule has 0 radical (unpaired) electrons. The van der Waals surface area contributed by atoms with E-state index in [4.69, 9.17) is 0 Å². The lowest BCUT2D eigenvalue weighted by molar-refractivity contribution is -0.0904. The minimum Gasteiger partial charge on any atom is -0.284 e. The van der Waals surface area contributed by atoms with Crippen LogP contribution in [-0.2, 0) is 0 Å². The van der Waals surface area contributed by atoms with Crippen molar-refractivity contribution in [1.82, 2.24) is 10.1 Å². The van der Waals surface area contributed by atoms with E-state index in [0.29, 0.717) is 0 Å². The summed E-state index contributed by atoms with van der Waals surface area (Å²) in [6.07, 6.45) is 7.91. The Hall–Kier alpha value is -1.00. The summed E-state index contributed by atoms with van der Waals surface area (Å²) < 4.78 is 0. The number of hydroxylamine groups is 4. The maximum atomic E-state index is 10.2. The molecule has 0 unspecified atom stereocenters. The van der Waals surface area contributed by atoms with Gasteiger partial charge < -0.3 is 0 Å². The van der Waals surface area contributed by atoms with Gasteiger partial charge >= 0.3 is 0 Å². The average molecular weight is 222 g/mol. The van der Waals surface area contributed by atoms with Crippen LogP contribution in [0.2, 0.25) is 0 Å². The molecule has 1 heterocycles. The van der Waals surface area contributed by atoms with Gasteiger partial charge in [0.05, 0.1) is 22.8 Å². The predicted octanol–water partition coefficient (Wildman–Crippen LogP) is 2.95. The van der Waals surface area contributed by atoms with E-state index in [1.54, 1.807) is 0 Å². The molecule has 4 heteroatoms. The third-order valence-electron chi connectivity index (χ3n) is 3.84. The highest BCUT2D eigenvalue weighted by atomic mass is 16.5. The average Bonchev–Trinajstić information content (AvgIpc) is 2.36. The third-order valence-corrected chi connectivity index (χ3v) is 3.84. The van der Waals surface area contributed by atoms with Crippen LogP contribution in [0.4, 0.5) is 0 Å². The van der Waals surface area contributed by atoms with Crippen LogP contribution in [0.15, 0.2) is 22.8 Å². The largest absolute Gasteiger partial charge is 0.284 e. The maximum absolute atomic E-state index is 10.2. The molecule has 88 valence electrons. The number of hydrogen-bond acceptors (Lipinski definition) is 4. The fourth-order valence-corrected chi connectivity index (χ4v) is 2.99. The standard InChI is InChI=1S/C12H18N2O2/c15-13-9-5-1-2-6-10(9)14(16)12-8-4-3-7-11(12)13/h15-16H,1-8H2. The van der Waals surface area contributed by atoms with E-state index in [1.807, 2.05) is 0 Å². The van der Waals surface area contributed by atoms with Crippen molar-refractivity contribution < 1.29 is 10.4 Å². The first-order valence-electron chi connectivity index (χ1n) is 6.21. The molecule has 3 aliphatic rings. The monoisotopic (exact) mass is 222 g/mol. The van der Waals surface area contributed by atoms with Crippen LogP contribution in [0.1, 0.15) is 51.4 Å². The molecule has 0 aromatic heterocycles. The van der Waals surface area contributed by atoms with Crippen LogP contribution in [0.5, 0.6) is 0 Å². The summed E-state index contributed by atoms with van der Waals surface area (Å²) in [6, 6.07) is 0. The van der Waals surface area contributed by atoms with E-state index in [1.165, 1.54) is 10.1 Å². The highest BCUT2D eigenvalue weighted by Crippen LogP contribution is 2.41. The molecule has 4 nitrogen and oxygen atoms in total. The van der Waals surface area contributed by atoms with E-state index in [0.717, 1.165) is 74.2 Å². The molecule has 0 atom stereocenters. The van der Waals surface area contributed by atoms with E-state index in [-0.39, 0.29) is 0 Å². The maximum Gasteiger partial charge on any atom is 0.0683 e. The lowest BCUT2D eigenvalue weighted by atomic mass is 9.93. The Bertz CT molecular complexity index is 305. The van der Waals surface area contributed by atoms with Gasteiger partial charge in [0, 0.05) is 0 Å². The molecule has 3 rings (SSSR count). The van der Waals surface area contributed by atoms with Gasteiger partial charge in [-0.05, 0) is 51.4 Å². The fourth-order valence-electron chi connectivity index (χ4n) is 2.99. The van der Waals surface area contributed by atoms with Crippen LogP contribution < -0.4 is 0 Å². The zero-order valence-electron chi connectivity index (χ0n) is 9.45. The molecule has 0 amide bonds. The molecule has 0 aromatic carbocycles. The van der Waals surface area contributed by atoms with E-state index >= 15 is 0 Å². The Labute approximate surface area is 95.4 Å². The van der Waals surface area contributed by atoms with Gasteiger partial charge in [0.15, 0.2) is 0 Å². The fraction of sp³-hybridized carbons (Fsp3) is 0.667. The van der Waals surface area contributed by atoms with Crippen molar-refractivity contribution in [2.45, 2.75) is 51.4 Å². The van der Waals surface area contributed by atoms with E-state index in [2.05, 4.69) is 0 Å². The van der Waals surface area contributed by atoms with Gasteiger partial charge in [-0.2, -0.15) is 0 Å². The first-order chi connectivity index (χ1) is 7.79. The molecule has 0 aromatic rings. The van der Waals surface area contributed by atoms with Gasteiger partial charge in [-0.3, -0.25) is 10.4 Å². The molecular formula is C12H18N2O2. The molecular weight excluding hydrogens is 204 g/mol. The van der Waals surface area contributed by atoms with Gasteiger partial charge in [-0.15, -0.1) is 0 Å². The lowest BCUT2D eigenvalue weighted by Gasteiger charge is -2.41. The highest BCUT2D eigenvalue weighted by molar-refractivity contribution is 5.30. The van der Waals surface area contributed by atoms with Crippen LogP contribution in [0.25, 0.3) is 0 Å². The van der Waals surface area contributed by atoms with Crippen molar-refractivity contribution in [2.75, 3.05) is 0 Å². The third kappa shape index (κ3) is 1.37. The number of hydrogen-bond donors (Lipinski definition) is 2. The SMILES string of the molecule is ON1C2=C(CCCC2)N(O)C2=C1CCCC2. The van der Waals surface area contributed by atoms with Crippen LogP contribution in [-0.4, -0.2) is 20.5 Å². The van der Waals surface area contributed by atoms with E-state index < -0.39 is 0 Å². The second-order valence-corrected chi connectivity index (χ2v) is 4.82. The second kappa shape index (κ2) is 3.79. The van der Waals surface area contributed by atoms with Gasteiger partial charge in [0.25, 0.3) is 0 Å². The molecule has 0 saturated heterocycles. The van der Waals surface area contributed by atoms with Crippen molar-refractivity contribution in [3.8, 4) is 0 Å². The summed E-state index contributed by atoms with van der Waals surface area (Å²) in [7, 11) is 0. The van der Waals surface area contributed by atoms with Crippen molar-refractivity contribution in [3.05, 3.63) is 22.8 Å². The molecule has 2 N–H and O–H groups in total. The lowest BCUT2D eigenvalue weighted by Crippen LogP contribution is -2.37. The quantitative estimate of drug-likeness (QED) is 0.661. The zero-order chi connectivity index (χ0) is 11.1. The van der Waals surface area contributed by atoms with E-state index in [9.17, 15) is 10.4 Å². The molecule has 0 saturated carbocycles. The van der Waals surface area contributed by atoms with Crippen molar-refractivity contribution in [3.63, 3.8) is 0 Å². The Kier molecular flexibility index (Phi) is 2.41. The summed E-state index contributed by atoms with van der Waals surface area (Å²) in [5.41, 5.74) is 3.65. The normalized spacial score (nSPS) is 25.9. The van der Waals surface area contributed by atoms with Crippen molar-refractivity contribution >= 4 is 0 Å². The number of nitrogens with zero attached hydrogens (tertiary/aromatic N) is 2. The van der Waals surface area contributed by atoms with Gasteiger partial charge in [-0.1, -0.05) is 0 Å². The highest BCUT2D eigenvalue weighted by Gasteiger charge is 2.33. The molecule has 0 spiro atoms. The molecule has 2 aliphatic carbocycles. The number of rotatable bonds is 0. The zero-order valence-corrected chi connectivity index (χ0v) is 9.45. The van der Waals surface area contributed by atoms with Gasteiger partial charge in [0.1, 0.15) is 0 Å².